The summed E-state index contributed by atoms with van der Waals surface area (Å²) >= 11 is 0. The summed E-state index contributed by atoms with van der Waals surface area (Å²) in [6, 6.07) is 0. The second-order valence-electron chi connectivity index (χ2n) is 2.16. The van der Waals surface area contributed by atoms with Crippen molar-refractivity contribution in [3.8, 4) is 0 Å². The normalized spacial score (nSPS) is 13.4. The Labute approximate surface area is 76.1 Å². The number of hydrogen-bond donors (Lipinski definition) is 1. The number of rotatable bonds is 5. The molecule has 0 aromatic rings. The van der Waals surface area contributed by atoms with Crippen LogP contribution in [-0.4, -0.2) is 31.7 Å². The van der Waals surface area contributed by atoms with Crippen LogP contribution in [0.15, 0.2) is 12.7 Å². The zero-order valence-corrected chi connectivity index (χ0v) is 7.78. The van der Waals surface area contributed by atoms with E-state index in [4.69, 9.17) is 4.55 Å². The van der Waals surface area contributed by atoms with Crippen molar-refractivity contribution in [3.05, 3.63) is 12.7 Å². The van der Waals surface area contributed by atoms with Crippen molar-refractivity contribution in [1.29, 1.82) is 0 Å². The summed E-state index contributed by atoms with van der Waals surface area (Å²) in [6.07, 6.45) is 0.164. The van der Waals surface area contributed by atoms with Gasteiger partial charge in [-0.2, -0.15) is 8.42 Å². The Hall–Kier alpha value is -0.920. The van der Waals surface area contributed by atoms with E-state index in [1.165, 1.54) is 6.92 Å². The highest BCUT2D eigenvalue weighted by molar-refractivity contribution is 7.80. The maximum absolute atomic E-state index is 10.5. The minimum Gasteiger partial charge on any atom is -0.457 e. The lowest BCUT2D eigenvalue weighted by Crippen LogP contribution is -2.21. The van der Waals surface area contributed by atoms with Gasteiger partial charge in [-0.15, -0.1) is 0 Å². The third kappa shape index (κ3) is 7.44. The van der Waals surface area contributed by atoms with Gasteiger partial charge in [0.25, 0.3) is 0 Å². The van der Waals surface area contributed by atoms with Crippen LogP contribution in [0.2, 0.25) is 0 Å². The van der Waals surface area contributed by atoms with Crippen molar-refractivity contribution >= 4 is 16.4 Å². The van der Waals surface area contributed by atoms with E-state index in [0.717, 1.165) is 6.08 Å². The Kier molecular flexibility index (Phi) is 4.60. The number of esters is 1. The first-order chi connectivity index (χ1) is 5.85. The van der Waals surface area contributed by atoms with E-state index < -0.39 is 29.1 Å². The SMILES string of the molecule is C=CC(=O)OC(C)COS(=O)(=O)O. The summed E-state index contributed by atoms with van der Waals surface area (Å²) in [4.78, 5) is 10.5. The smallest absolute Gasteiger partial charge is 0.397 e. The molecular weight excluding hydrogens is 200 g/mol. The molecule has 0 aliphatic heterocycles. The van der Waals surface area contributed by atoms with Crippen LogP contribution in [-0.2, 0) is 24.1 Å². The lowest BCUT2D eigenvalue weighted by Gasteiger charge is -2.09. The van der Waals surface area contributed by atoms with Crippen molar-refractivity contribution in [1.82, 2.24) is 0 Å². The minimum atomic E-state index is -4.48. The largest absolute Gasteiger partial charge is 0.457 e. The number of carbonyl (C=O) groups excluding carboxylic acids is 1. The van der Waals surface area contributed by atoms with Gasteiger partial charge < -0.3 is 4.74 Å². The van der Waals surface area contributed by atoms with Crippen molar-refractivity contribution in [2.75, 3.05) is 6.61 Å². The molecule has 0 spiro atoms. The van der Waals surface area contributed by atoms with E-state index in [0.29, 0.717) is 0 Å². The maximum atomic E-state index is 10.5. The molecule has 0 bridgehead atoms. The van der Waals surface area contributed by atoms with Crippen LogP contribution in [0.4, 0.5) is 0 Å². The van der Waals surface area contributed by atoms with Crippen LogP contribution in [0.25, 0.3) is 0 Å². The quantitative estimate of drug-likeness (QED) is 0.388. The number of hydrogen-bond acceptors (Lipinski definition) is 5. The maximum Gasteiger partial charge on any atom is 0.397 e. The average molecular weight is 210 g/mol. The summed E-state index contributed by atoms with van der Waals surface area (Å²) in [5, 5.41) is 0. The van der Waals surface area contributed by atoms with Gasteiger partial charge in [-0.1, -0.05) is 6.58 Å². The molecule has 1 N–H and O–H groups in total. The summed E-state index contributed by atoms with van der Waals surface area (Å²) in [6.45, 7) is 4.12. The summed E-state index contributed by atoms with van der Waals surface area (Å²) < 4.78 is 36.8. The van der Waals surface area contributed by atoms with Gasteiger partial charge in [-0.25, -0.2) is 8.98 Å². The molecule has 0 rings (SSSR count). The molecule has 1 atom stereocenters. The van der Waals surface area contributed by atoms with E-state index in [9.17, 15) is 13.2 Å². The second kappa shape index (κ2) is 4.95. The van der Waals surface area contributed by atoms with E-state index in [-0.39, 0.29) is 0 Å². The third-order valence-corrected chi connectivity index (χ3v) is 1.37. The van der Waals surface area contributed by atoms with E-state index in [2.05, 4.69) is 15.5 Å². The molecular formula is C6H10O6S. The molecule has 6 nitrogen and oxygen atoms in total. The molecule has 76 valence electrons. The van der Waals surface area contributed by atoms with Crippen molar-refractivity contribution in [2.45, 2.75) is 13.0 Å². The van der Waals surface area contributed by atoms with Crippen LogP contribution >= 0.6 is 0 Å². The molecule has 0 aliphatic carbocycles. The average Bonchev–Trinajstić information content (AvgIpc) is 1.99. The van der Waals surface area contributed by atoms with Gasteiger partial charge in [0.05, 0.1) is 0 Å². The number of ether oxygens (including phenoxy) is 1. The van der Waals surface area contributed by atoms with E-state index >= 15 is 0 Å². The first kappa shape index (κ1) is 12.1. The summed E-state index contributed by atoms with van der Waals surface area (Å²) in [5.74, 6) is -0.688. The standard InChI is InChI=1S/C6H10O6S/c1-3-6(7)12-5(2)4-11-13(8,9)10/h3,5H,1,4H2,2H3,(H,8,9,10). The Morgan fingerprint density at radius 3 is 2.62 bits per heavy atom. The molecule has 0 fully saturated rings. The lowest BCUT2D eigenvalue weighted by molar-refractivity contribution is -0.143. The Morgan fingerprint density at radius 1 is 1.69 bits per heavy atom. The van der Waals surface area contributed by atoms with Crippen molar-refractivity contribution < 1.29 is 26.7 Å². The molecule has 13 heavy (non-hydrogen) atoms. The molecule has 0 aromatic heterocycles. The molecule has 0 radical (unpaired) electrons. The Bertz CT molecular complexity index is 279. The second-order valence-corrected chi connectivity index (χ2v) is 3.26. The van der Waals surface area contributed by atoms with Crippen LogP contribution < -0.4 is 0 Å². The molecule has 0 aliphatic rings. The van der Waals surface area contributed by atoms with Crippen LogP contribution in [0, 0.1) is 0 Å². The highest BCUT2D eigenvalue weighted by Gasteiger charge is 2.11. The molecule has 0 heterocycles. The molecule has 0 aromatic carbocycles. The van der Waals surface area contributed by atoms with Gasteiger partial charge in [0, 0.05) is 6.08 Å². The van der Waals surface area contributed by atoms with Crippen molar-refractivity contribution in [2.24, 2.45) is 0 Å². The van der Waals surface area contributed by atoms with Gasteiger partial charge in [-0.3, -0.25) is 4.55 Å². The van der Waals surface area contributed by atoms with Crippen LogP contribution in [0.3, 0.4) is 0 Å². The molecule has 0 saturated heterocycles. The van der Waals surface area contributed by atoms with E-state index in [1.807, 2.05) is 0 Å². The highest BCUT2D eigenvalue weighted by atomic mass is 32.3. The van der Waals surface area contributed by atoms with Crippen molar-refractivity contribution in [3.63, 3.8) is 0 Å². The predicted octanol–water partition coefficient (Wildman–Crippen LogP) is -0.0765. The predicted molar refractivity (Wildman–Crippen MR) is 43.3 cm³/mol. The lowest BCUT2D eigenvalue weighted by atomic mass is 10.4. The Morgan fingerprint density at radius 2 is 2.23 bits per heavy atom. The first-order valence-electron chi connectivity index (χ1n) is 3.30. The fraction of sp³-hybridized carbons (Fsp3) is 0.500. The topological polar surface area (TPSA) is 89.9 Å². The fourth-order valence-electron chi connectivity index (χ4n) is 0.462. The monoisotopic (exact) mass is 210 g/mol. The Balaban J connectivity index is 3.82. The number of carbonyl (C=O) groups is 1. The minimum absolute atomic E-state index is 0.432. The molecule has 1 unspecified atom stereocenters. The van der Waals surface area contributed by atoms with Gasteiger partial charge in [0.2, 0.25) is 0 Å². The summed E-state index contributed by atoms with van der Waals surface area (Å²) in [5.41, 5.74) is 0. The van der Waals surface area contributed by atoms with Gasteiger partial charge >= 0.3 is 16.4 Å². The van der Waals surface area contributed by atoms with Gasteiger partial charge in [0.15, 0.2) is 0 Å². The van der Waals surface area contributed by atoms with Crippen LogP contribution in [0.1, 0.15) is 6.92 Å². The third-order valence-electron chi connectivity index (χ3n) is 0.936. The zero-order valence-electron chi connectivity index (χ0n) is 6.97. The zero-order chi connectivity index (χ0) is 10.5. The molecule has 0 saturated carbocycles. The van der Waals surface area contributed by atoms with Gasteiger partial charge in [0.1, 0.15) is 12.7 Å². The fourth-order valence-corrected chi connectivity index (χ4v) is 0.826. The highest BCUT2D eigenvalue weighted by Crippen LogP contribution is 1.96. The van der Waals surface area contributed by atoms with Crippen LogP contribution in [0.5, 0.6) is 0 Å². The summed E-state index contributed by atoms with van der Waals surface area (Å²) in [7, 11) is -4.48. The molecule has 7 heteroatoms. The van der Waals surface area contributed by atoms with Gasteiger partial charge in [-0.05, 0) is 6.92 Å². The first-order valence-corrected chi connectivity index (χ1v) is 4.66. The van der Waals surface area contributed by atoms with E-state index in [1.54, 1.807) is 0 Å². The molecule has 0 amide bonds.